The number of rotatable bonds is 2. The molecule has 2 heterocycles. The Kier molecular flexibility index (Phi) is 2.72. The van der Waals surface area contributed by atoms with E-state index in [1.807, 2.05) is 0 Å². The highest BCUT2D eigenvalue weighted by atomic mass is 127. The Morgan fingerprint density at radius 2 is 2.06 bits per heavy atom. The number of nitrogens with two attached hydrogens (primary N) is 1. The van der Waals surface area contributed by atoms with Crippen molar-refractivity contribution in [2.75, 3.05) is 0 Å². The molecule has 3 atom stereocenters. The summed E-state index contributed by atoms with van der Waals surface area (Å²) in [6, 6.07) is 8.66. The average Bonchev–Trinajstić information content (AvgIpc) is 2.81. The minimum Gasteiger partial charge on any atom is -0.373 e. The van der Waals surface area contributed by atoms with Crippen molar-refractivity contribution in [2.45, 2.75) is 43.4 Å². The summed E-state index contributed by atoms with van der Waals surface area (Å²) in [5.41, 5.74) is 7.70. The quantitative estimate of drug-likeness (QED) is 0.846. The van der Waals surface area contributed by atoms with E-state index in [2.05, 4.69) is 46.9 Å². The summed E-state index contributed by atoms with van der Waals surface area (Å²) < 4.78 is 7.13. The fraction of sp³-hybridized carbons (Fsp3) is 0.538. The molecule has 2 N–H and O–H groups in total. The second-order valence-corrected chi connectivity index (χ2v) is 6.31. The molecule has 2 fully saturated rings. The van der Waals surface area contributed by atoms with Crippen LogP contribution in [0.15, 0.2) is 24.3 Å². The minimum atomic E-state index is -0.115. The first-order chi connectivity index (χ1) is 7.66. The summed E-state index contributed by atoms with van der Waals surface area (Å²) in [7, 11) is 0. The lowest BCUT2D eigenvalue weighted by Crippen LogP contribution is -2.50. The Bertz CT molecular complexity index is 391. The number of hydrogen-bond acceptors (Lipinski definition) is 2. The maximum absolute atomic E-state index is 6.49. The maximum Gasteiger partial charge on any atom is 0.0763 e. The van der Waals surface area contributed by atoms with Crippen molar-refractivity contribution < 1.29 is 4.74 Å². The molecule has 3 rings (SSSR count). The second kappa shape index (κ2) is 3.96. The lowest BCUT2D eigenvalue weighted by Gasteiger charge is -2.31. The van der Waals surface area contributed by atoms with Gasteiger partial charge < -0.3 is 10.5 Å². The molecule has 0 aromatic heterocycles. The molecule has 1 aromatic carbocycles. The first-order valence-corrected chi connectivity index (χ1v) is 6.92. The van der Waals surface area contributed by atoms with Crippen molar-refractivity contribution in [3.8, 4) is 0 Å². The van der Waals surface area contributed by atoms with Crippen LogP contribution in [0, 0.1) is 3.57 Å². The fourth-order valence-electron chi connectivity index (χ4n) is 3.00. The molecule has 0 amide bonds. The molecule has 2 nitrogen and oxygen atoms in total. The molecule has 16 heavy (non-hydrogen) atoms. The summed E-state index contributed by atoms with van der Waals surface area (Å²) in [4.78, 5) is 0. The molecule has 0 spiro atoms. The van der Waals surface area contributed by atoms with Crippen LogP contribution in [0.3, 0.4) is 0 Å². The second-order valence-electron chi connectivity index (χ2n) is 5.06. The van der Waals surface area contributed by atoms with Gasteiger partial charge in [0.15, 0.2) is 0 Å². The van der Waals surface area contributed by atoms with E-state index in [4.69, 9.17) is 10.5 Å². The van der Waals surface area contributed by atoms with Gasteiger partial charge in [-0.1, -0.05) is 12.1 Å². The van der Waals surface area contributed by atoms with Gasteiger partial charge in [-0.3, -0.25) is 0 Å². The highest BCUT2D eigenvalue weighted by Crippen LogP contribution is 2.41. The van der Waals surface area contributed by atoms with Gasteiger partial charge in [0, 0.05) is 9.11 Å². The first-order valence-electron chi connectivity index (χ1n) is 5.84. The number of benzene rings is 1. The SMILES string of the molecule is NC1(Cc2ccc(I)cc2)CC2CCC1O2. The van der Waals surface area contributed by atoms with Crippen LogP contribution in [0.4, 0.5) is 0 Å². The molecule has 2 aliphatic heterocycles. The van der Waals surface area contributed by atoms with Gasteiger partial charge in [0.2, 0.25) is 0 Å². The average molecular weight is 329 g/mol. The van der Waals surface area contributed by atoms with Crippen LogP contribution in [0.1, 0.15) is 24.8 Å². The van der Waals surface area contributed by atoms with Gasteiger partial charge in [-0.05, 0) is 66.0 Å². The van der Waals surface area contributed by atoms with Crippen molar-refractivity contribution in [2.24, 2.45) is 5.73 Å². The molecule has 3 heteroatoms. The molecule has 3 unspecified atom stereocenters. The molecule has 86 valence electrons. The topological polar surface area (TPSA) is 35.2 Å². The van der Waals surface area contributed by atoms with E-state index in [1.54, 1.807) is 0 Å². The van der Waals surface area contributed by atoms with Crippen molar-refractivity contribution in [3.63, 3.8) is 0 Å². The van der Waals surface area contributed by atoms with Gasteiger partial charge in [0.1, 0.15) is 0 Å². The highest BCUT2D eigenvalue weighted by molar-refractivity contribution is 14.1. The van der Waals surface area contributed by atoms with Gasteiger partial charge in [-0.15, -0.1) is 0 Å². The van der Waals surface area contributed by atoms with E-state index in [0.717, 1.165) is 19.3 Å². The number of hydrogen-bond donors (Lipinski definition) is 1. The van der Waals surface area contributed by atoms with Crippen LogP contribution in [-0.4, -0.2) is 17.7 Å². The number of halogens is 1. The van der Waals surface area contributed by atoms with E-state index in [-0.39, 0.29) is 11.6 Å². The van der Waals surface area contributed by atoms with E-state index in [0.29, 0.717) is 6.10 Å². The van der Waals surface area contributed by atoms with E-state index < -0.39 is 0 Å². The largest absolute Gasteiger partial charge is 0.373 e. The van der Waals surface area contributed by atoms with Crippen LogP contribution < -0.4 is 5.73 Å². The van der Waals surface area contributed by atoms with Crippen molar-refractivity contribution in [3.05, 3.63) is 33.4 Å². The zero-order valence-electron chi connectivity index (χ0n) is 9.16. The van der Waals surface area contributed by atoms with Crippen molar-refractivity contribution in [1.82, 2.24) is 0 Å². The van der Waals surface area contributed by atoms with Gasteiger partial charge >= 0.3 is 0 Å². The predicted octanol–water partition coefficient (Wildman–Crippen LogP) is 2.48. The molecular formula is C13H16INO. The van der Waals surface area contributed by atoms with E-state index in [1.165, 1.54) is 15.6 Å². The summed E-state index contributed by atoms with van der Waals surface area (Å²) >= 11 is 2.33. The Morgan fingerprint density at radius 3 is 2.62 bits per heavy atom. The standard InChI is InChI=1S/C13H16INO/c14-10-3-1-9(2-4-10)7-13(15)8-11-5-6-12(13)16-11/h1-4,11-12H,5-8,15H2. The van der Waals surface area contributed by atoms with Gasteiger partial charge in [0.05, 0.1) is 12.2 Å². The van der Waals surface area contributed by atoms with Crippen LogP contribution >= 0.6 is 22.6 Å². The van der Waals surface area contributed by atoms with Crippen LogP contribution in [-0.2, 0) is 11.2 Å². The third-order valence-corrected chi connectivity index (χ3v) is 4.52. The zero-order chi connectivity index (χ0) is 11.2. The van der Waals surface area contributed by atoms with Crippen molar-refractivity contribution in [1.29, 1.82) is 0 Å². The molecular weight excluding hydrogens is 313 g/mol. The van der Waals surface area contributed by atoms with Gasteiger partial charge in [-0.2, -0.15) is 0 Å². The minimum absolute atomic E-state index is 0.115. The molecule has 2 aliphatic rings. The molecule has 0 saturated carbocycles. The summed E-state index contributed by atoms with van der Waals surface area (Å²) in [5.74, 6) is 0. The summed E-state index contributed by atoms with van der Waals surface area (Å²) in [6.45, 7) is 0. The predicted molar refractivity (Wildman–Crippen MR) is 72.3 cm³/mol. The normalized spacial score (nSPS) is 36.9. The molecule has 2 saturated heterocycles. The number of ether oxygens (including phenoxy) is 1. The highest BCUT2D eigenvalue weighted by Gasteiger charge is 2.49. The van der Waals surface area contributed by atoms with Crippen molar-refractivity contribution >= 4 is 22.6 Å². The fourth-order valence-corrected chi connectivity index (χ4v) is 3.36. The van der Waals surface area contributed by atoms with Crippen LogP contribution in [0.5, 0.6) is 0 Å². The molecule has 1 aromatic rings. The Balaban J connectivity index is 1.77. The maximum atomic E-state index is 6.49. The molecule has 0 aliphatic carbocycles. The summed E-state index contributed by atoms with van der Waals surface area (Å²) in [5, 5.41) is 0. The van der Waals surface area contributed by atoms with Crippen LogP contribution in [0.25, 0.3) is 0 Å². The number of fused-ring (bicyclic) bond motifs is 2. The van der Waals surface area contributed by atoms with Gasteiger partial charge in [0.25, 0.3) is 0 Å². The van der Waals surface area contributed by atoms with E-state index >= 15 is 0 Å². The monoisotopic (exact) mass is 329 g/mol. The lowest BCUT2D eigenvalue weighted by molar-refractivity contribution is 0.0856. The third-order valence-electron chi connectivity index (χ3n) is 3.80. The molecule has 2 bridgehead atoms. The molecule has 0 radical (unpaired) electrons. The first kappa shape index (κ1) is 11.0. The Hall–Kier alpha value is -0.130. The zero-order valence-corrected chi connectivity index (χ0v) is 11.3. The smallest absolute Gasteiger partial charge is 0.0763 e. The Morgan fingerprint density at radius 1 is 1.31 bits per heavy atom. The third kappa shape index (κ3) is 1.89. The summed E-state index contributed by atoms with van der Waals surface area (Å²) in [6.07, 6.45) is 5.05. The van der Waals surface area contributed by atoms with Gasteiger partial charge in [-0.25, -0.2) is 0 Å². The van der Waals surface area contributed by atoms with Crippen LogP contribution in [0.2, 0.25) is 0 Å². The Labute approximate surface area is 110 Å². The lowest BCUT2D eigenvalue weighted by atomic mass is 9.78. The van der Waals surface area contributed by atoms with E-state index in [9.17, 15) is 0 Å².